The van der Waals surface area contributed by atoms with Gasteiger partial charge in [-0.05, 0) is 73.7 Å². The Balaban J connectivity index is 0.000000718. The largest absolute Gasteiger partial charge is 0.433 e. The van der Waals surface area contributed by atoms with E-state index in [1.54, 1.807) is 25.3 Å². The highest BCUT2D eigenvalue weighted by molar-refractivity contribution is 5.88. The molecule has 0 saturated heterocycles. The monoisotopic (exact) mass is 474 g/mol. The van der Waals surface area contributed by atoms with Crippen LogP contribution in [0.4, 0.5) is 20.3 Å². The van der Waals surface area contributed by atoms with Crippen molar-refractivity contribution in [2.45, 2.75) is 72.5 Å². The molecule has 2 aromatic rings. The number of carbonyl (C=O) groups is 1. The Morgan fingerprint density at radius 3 is 2.32 bits per heavy atom. The quantitative estimate of drug-likeness (QED) is 0.328. The third-order valence-electron chi connectivity index (χ3n) is 4.72. The molecule has 1 aromatic heterocycles. The van der Waals surface area contributed by atoms with Crippen LogP contribution in [0.1, 0.15) is 77.5 Å². The summed E-state index contributed by atoms with van der Waals surface area (Å²) in [6.07, 6.45) is 4.49. The van der Waals surface area contributed by atoms with Crippen LogP contribution in [-0.2, 0) is 4.79 Å². The number of alkyl halides is 2. The number of nitrogens with zero attached hydrogens (tertiary/aromatic N) is 1. The number of benzene rings is 1. The molecule has 0 bridgehead atoms. The summed E-state index contributed by atoms with van der Waals surface area (Å²) in [6, 6.07) is 8.05. The van der Waals surface area contributed by atoms with Crippen LogP contribution >= 0.6 is 0 Å². The average molecular weight is 475 g/mol. The van der Waals surface area contributed by atoms with E-state index in [4.69, 9.17) is 0 Å². The molecule has 0 radical (unpaired) electrons. The normalized spacial score (nSPS) is 12.3. The third-order valence-corrected chi connectivity index (χ3v) is 4.72. The zero-order valence-corrected chi connectivity index (χ0v) is 20.7. The van der Waals surface area contributed by atoms with Crippen LogP contribution in [0.15, 0.2) is 55.3 Å². The first kappa shape index (κ1) is 29.0. The van der Waals surface area contributed by atoms with Crippen molar-refractivity contribution in [3.63, 3.8) is 0 Å². The molecule has 0 aliphatic rings. The van der Waals surface area contributed by atoms with Gasteiger partial charge in [0.25, 0.3) is 0 Å². The molecular formula is C27H36F2N2O3. The molecule has 0 spiro atoms. The minimum Gasteiger partial charge on any atom is -0.433 e. The number of aromatic nitrogens is 1. The van der Waals surface area contributed by atoms with Crippen LogP contribution in [0.3, 0.4) is 0 Å². The topological polar surface area (TPSA) is 71.5 Å². The highest BCUT2D eigenvalue weighted by Crippen LogP contribution is 2.34. The van der Waals surface area contributed by atoms with Crippen molar-refractivity contribution in [3.05, 3.63) is 66.4 Å². The molecule has 186 valence electrons. The summed E-state index contributed by atoms with van der Waals surface area (Å²) in [5.41, 5.74) is 3.44. The molecule has 5 nitrogen and oxygen atoms in total. The van der Waals surface area contributed by atoms with Gasteiger partial charge in [0, 0.05) is 30.8 Å². The Bertz CT molecular complexity index is 949. The number of allylic oxidation sites excluding steroid dienone is 3. The molecule has 0 saturated carbocycles. The molecule has 0 aliphatic carbocycles. The summed E-state index contributed by atoms with van der Waals surface area (Å²) < 4.78 is 30.5. The van der Waals surface area contributed by atoms with E-state index in [-0.39, 0.29) is 11.5 Å². The van der Waals surface area contributed by atoms with Crippen LogP contribution < -0.4 is 10.1 Å². The molecule has 0 fully saturated rings. The van der Waals surface area contributed by atoms with E-state index in [9.17, 15) is 18.7 Å². The summed E-state index contributed by atoms with van der Waals surface area (Å²) in [5, 5.41) is 13.4. The fourth-order valence-electron chi connectivity index (χ4n) is 3.23. The highest BCUT2D eigenvalue weighted by Gasteiger charge is 2.23. The van der Waals surface area contributed by atoms with Crippen LogP contribution in [0.25, 0.3) is 5.57 Å². The van der Waals surface area contributed by atoms with E-state index in [1.165, 1.54) is 18.2 Å². The molecule has 0 aliphatic heterocycles. The van der Waals surface area contributed by atoms with Gasteiger partial charge in [0.15, 0.2) is 5.78 Å². The van der Waals surface area contributed by atoms with Gasteiger partial charge in [-0.25, -0.2) is 4.98 Å². The van der Waals surface area contributed by atoms with Crippen molar-refractivity contribution in [2.24, 2.45) is 0 Å². The summed E-state index contributed by atoms with van der Waals surface area (Å²) in [4.78, 5) is 14.7. The van der Waals surface area contributed by atoms with E-state index in [1.807, 2.05) is 13.0 Å². The van der Waals surface area contributed by atoms with Crippen LogP contribution in [-0.4, -0.2) is 22.0 Å². The Labute approximate surface area is 201 Å². The maximum Gasteiger partial charge on any atom is 0.394 e. The molecular weight excluding hydrogens is 438 g/mol. The van der Waals surface area contributed by atoms with Gasteiger partial charge < -0.3 is 15.2 Å². The zero-order valence-electron chi connectivity index (χ0n) is 20.7. The summed E-state index contributed by atoms with van der Waals surface area (Å²) >= 11 is 0. The number of rotatable bonds is 11. The first-order chi connectivity index (χ1) is 16.1. The second-order valence-electron chi connectivity index (χ2n) is 7.77. The smallest absolute Gasteiger partial charge is 0.394 e. The Morgan fingerprint density at radius 2 is 1.88 bits per heavy atom. The number of pyridine rings is 1. The summed E-state index contributed by atoms with van der Waals surface area (Å²) in [7, 11) is 0. The van der Waals surface area contributed by atoms with Gasteiger partial charge in [0.1, 0.15) is 11.6 Å². The number of ketones is 1. The van der Waals surface area contributed by atoms with E-state index in [0.29, 0.717) is 24.8 Å². The average Bonchev–Trinajstić information content (AvgIpc) is 2.78. The molecule has 0 amide bonds. The summed E-state index contributed by atoms with van der Waals surface area (Å²) in [6.45, 7) is 11.8. The molecule has 1 heterocycles. The number of hydrogen-bond donors (Lipinski definition) is 2. The Kier molecular flexibility index (Phi) is 12.1. The van der Waals surface area contributed by atoms with Gasteiger partial charge in [0.2, 0.25) is 0 Å². The number of hydrogen-bond acceptors (Lipinski definition) is 5. The van der Waals surface area contributed by atoms with Gasteiger partial charge >= 0.3 is 6.11 Å². The van der Waals surface area contributed by atoms with Crippen molar-refractivity contribution >= 4 is 22.9 Å². The Hall–Kier alpha value is -3.06. The SMILES string of the molecule is C=CC(=O)CCC.CC/C=C(\CC)c1c(C(C)O)ccnc1Nc1ccc(OC(C)(F)F)cc1. The van der Waals surface area contributed by atoms with E-state index in [0.717, 1.165) is 36.0 Å². The number of ether oxygens (including phenoxy) is 1. The number of anilines is 2. The fraction of sp³-hybridized carbons (Fsp3) is 0.407. The van der Waals surface area contributed by atoms with E-state index in [2.05, 4.69) is 41.5 Å². The maximum absolute atomic E-state index is 13.0. The predicted octanol–water partition coefficient (Wildman–Crippen LogP) is 7.62. The molecule has 1 atom stereocenters. The second-order valence-corrected chi connectivity index (χ2v) is 7.77. The number of carbonyl (C=O) groups excluding carboxylic acids is 1. The van der Waals surface area contributed by atoms with E-state index >= 15 is 0 Å². The zero-order chi connectivity index (χ0) is 25.7. The Morgan fingerprint density at radius 1 is 1.24 bits per heavy atom. The van der Waals surface area contributed by atoms with Crippen molar-refractivity contribution < 1.29 is 23.4 Å². The van der Waals surface area contributed by atoms with Gasteiger partial charge in [-0.15, -0.1) is 0 Å². The maximum atomic E-state index is 13.0. The molecule has 7 heteroatoms. The van der Waals surface area contributed by atoms with Crippen molar-refractivity contribution in [3.8, 4) is 5.75 Å². The highest BCUT2D eigenvalue weighted by atomic mass is 19.3. The molecule has 2 N–H and O–H groups in total. The van der Waals surface area contributed by atoms with Crippen LogP contribution in [0.2, 0.25) is 0 Å². The number of aliphatic hydroxyl groups excluding tert-OH is 1. The second kappa shape index (κ2) is 14.3. The first-order valence-electron chi connectivity index (χ1n) is 11.5. The van der Waals surface area contributed by atoms with Gasteiger partial charge in [-0.2, -0.15) is 8.78 Å². The van der Waals surface area contributed by atoms with Crippen molar-refractivity contribution in [1.29, 1.82) is 0 Å². The molecule has 1 unspecified atom stereocenters. The minimum absolute atomic E-state index is 0.0825. The third kappa shape index (κ3) is 9.83. The van der Waals surface area contributed by atoms with Gasteiger partial charge in [0.05, 0.1) is 6.10 Å². The molecule has 2 rings (SSSR count). The number of nitrogens with one attached hydrogen (secondary N) is 1. The van der Waals surface area contributed by atoms with Crippen LogP contribution in [0.5, 0.6) is 5.75 Å². The molecule has 34 heavy (non-hydrogen) atoms. The first-order valence-corrected chi connectivity index (χ1v) is 11.5. The lowest BCUT2D eigenvalue weighted by molar-refractivity contribution is -0.158. The standard InChI is InChI=1S/C21H26F2N2O2.C6H10O/c1-5-7-15(6-2)19-18(14(3)26)12-13-24-20(19)25-16-8-10-17(11-9-16)27-21(4,22)23;1-3-5-6(7)4-2/h7-14,26H,5-6H2,1-4H3,(H,24,25);4H,2-3,5H2,1H3/b15-7+;. The van der Waals surface area contributed by atoms with Crippen molar-refractivity contribution in [1.82, 2.24) is 4.98 Å². The lowest BCUT2D eigenvalue weighted by Crippen LogP contribution is -2.18. The summed E-state index contributed by atoms with van der Waals surface area (Å²) in [5.74, 6) is 0.839. The van der Waals surface area contributed by atoms with Gasteiger partial charge in [-0.1, -0.05) is 33.4 Å². The van der Waals surface area contributed by atoms with Gasteiger partial charge in [-0.3, -0.25) is 4.79 Å². The van der Waals surface area contributed by atoms with Crippen LogP contribution in [0, 0.1) is 0 Å². The van der Waals surface area contributed by atoms with E-state index < -0.39 is 12.2 Å². The van der Waals surface area contributed by atoms with Crippen molar-refractivity contribution in [2.75, 3.05) is 5.32 Å². The fourth-order valence-corrected chi connectivity index (χ4v) is 3.23. The lowest BCUT2D eigenvalue weighted by Gasteiger charge is -2.19. The predicted molar refractivity (Wildman–Crippen MR) is 135 cm³/mol. The number of aliphatic hydroxyl groups is 1. The lowest BCUT2D eigenvalue weighted by atomic mass is 9.95. The number of halogens is 2. The minimum atomic E-state index is -3.23. The molecule has 1 aromatic carbocycles.